The summed E-state index contributed by atoms with van der Waals surface area (Å²) in [4.78, 5) is 4.66. The summed E-state index contributed by atoms with van der Waals surface area (Å²) in [5, 5.41) is 10.2. The molecule has 0 aromatic carbocycles. The van der Waals surface area contributed by atoms with Crippen molar-refractivity contribution in [1.29, 1.82) is 0 Å². The number of quaternary nitrogens is 1. The highest BCUT2D eigenvalue weighted by molar-refractivity contribution is 5.60. The van der Waals surface area contributed by atoms with E-state index in [1.807, 2.05) is 13.1 Å². The highest BCUT2D eigenvalue weighted by Gasteiger charge is 2.41. The minimum atomic E-state index is -0.318. The van der Waals surface area contributed by atoms with E-state index in [4.69, 9.17) is 0 Å². The number of nitrogens with zero attached hydrogens (tertiary/aromatic N) is 2. The summed E-state index contributed by atoms with van der Waals surface area (Å²) in [6.45, 7) is 8.22. The van der Waals surface area contributed by atoms with Crippen LogP contribution in [0.4, 0.5) is 0 Å². The van der Waals surface area contributed by atoms with E-state index in [9.17, 15) is 5.11 Å². The molecule has 0 aromatic heterocycles. The van der Waals surface area contributed by atoms with Gasteiger partial charge in [0.2, 0.25) is 0 Å². The average molecular weight is 380 g/mol. The monoisotopic (exact) mass is 379 g/mol. The first-order valence-corrected chi connectivity index (χ1v) is 11.9. The Labute approximate surface area is 169 Å². The number of rotatable bonds is 17. The normalized spacial score (nSPS) is 23.5. The molecule has 0 saturated heterocycles. The van der Waals surface area contributed by atoms with Crippen LogP contribution in [0, 0.1) is 0 Å². The minimum Gasteiger partial charge on any atom is -0.345 e. The van der Waals surface area contributed by atoms with Gasteiger partial charge in [0.05, 0.1) is 12.8 Å². The van der Waals surface area contributed by atoms with Crippen molar-refractivity contribution in [3.63, 3.8) is 0 Å². The Hall–Kier alpha value is -0.670. The smallest absolute Gasteiger partial charge is 0.189 e. The summed E-state index contributed by atoms with van der Waals surface area (Å²) in [6.07, 6.45) is 25.4. The van der Waals surface area contributed by atoms with Gasteiger partial charge in [-0.2, -0.15) is 0 Å². The molecule has 0 aliphatic carbocycles. The molecule has 3 atom stereocenters. The van der Waals surface area contributed by atoms with E-state index in [2.05, 4.69) is 31.0 Å². The van der Waals surface area contributed by atoms with E-state index >= 15 is 0 Å². The van der Waals surface area contributed by atoms with Gasteiger partial charge in [-0.15, -0.1) is 0 Å². The summed E-state index contributed by atoms with van der Waals surface area (Å²) in [7, 11) is 0. The van der Waals surface area contributed by atoms with Gasteiger partial charge in [-0.25, -0.2) is 4.99 Å². The molecule has 0 saturated carbocycles. The Balaban J connectivity index is 1.95. The molecule has 1 rings (SSSR count). The fourth-order valence-corrected chi connectivity index (χ4v) is 4.31. The maximum Gasteiger partial charge on any atom is 0.189 e. The number of aliphatic hydroxyl groups excluding tert-OH is 1. The number of hydrogen-bond acceptors (Lipinski definition) is 2. The summed E-state index contributed by atoms with van der Waals surface area (Å²) in [6, 6.07) is 0. The van der Waals surface area contributed by atoms with Crippen molar-refractivity contribution in [3.8, 4) is 0 Å². The van der Waals surface area contributed by atoms with Crippen LogP contribution in [0.3, 0.4) is 0 Å². The molecule has 0 spiro atoms. The van der Waals surface area contributed by atoms with Crippen molar-refractivity contribution >= 4 is 6.21 Å². The molecular formula is C24H47N2O+. The zero-order valence-corrected chi connectivity index (χ0v) is 18.5. The Kier molecular flexibility index (Phi) is 13.8. The molecule has 0 bridgehead atoms. The molecule has 1 N–H and O–H groups in total. The van der Waals surface area contributed by atoms with E-state index < -0.39 is 0 Å². The Morgan fingerprint density at radius 2 is 1.48 bits per heavy atom. The Morgan fingerprint density at radius 3 is 2.04 bits per heavy atom. The molecule has 1 heterocycles. The van der Waals surface area contributed by atoms with Gasteiger partial charge in [0.25, 0.3) is 0 Å². The van der Waals surface area contributed by atoms with E-state index in [0.717, 1.165) is 24.0 Å². The molecule has 0 aromatic rings. The lowest BCUT2D eigenvalue weighted by Gasteiger charge is -2.40. The molecule has 3 unspecified atom stereocenters. The van der Waals surface area contributed by atoms with E-state index in [1.165, 1.54) is 83.5 Å². The lowest BCUT2D eigenvalue weighted by molar-refractivity contribution is -0.976. The number of unbranched alkanes of at least 4 members (excludes halogenated alkanes) is 11. The number of aliphatic imine (C=N–C) groups is 1. The van der Waals surface area contributed by atoms with Crippen LogP contribution in [-0.2, 0) is 0 Å². The van der Waals surface area contributed by atoms with Crippen molar-refractivity contribution in [1.82, 2.24) is 0 Å². The van der Waals surface area contributed by atoms with E-state index in [-0.39, 0.29) is 12.4 Å². The molecule has 158 valence electrons. The Morgan fingerprint density at radius 1 is 0.926 bits per heavy atom. The van der Waals surface area contributed by atoms with Crippen LogP contribution in [0.5, 0.6) is 0 Å². The van der Waals surface area contributed by atoms with E-state index in [1.54, 1.807) is 0 Å². The summed E-state index contributed by atoms with van der Waals surface area (Å²) >= 11 is 0. The van der Waals surface area contributed by atoms with Gasteiger partial charge in [-0.3, -0.25) is 4.48 Å². The van der Waals surface area contributed by atoms with Crippen molar-refractivity contribution in [2.45, 2.75) is 123 Å². The van der Waals surface area contributed by atoms with Crippen LogP contribution in [0.25, 0.3) is 0 Å². The van der Waals surface area contributed by atoms with Crippen molar-refractivity contribution in [2.24, 2.45) is 4.99 Å². The predicted molar refractivity (Wildman–Crippen MR) is 119 cm³/mol. The summed E-state index contributed by atoms with van der Waals surface area (Å²) in [5.74, 6) is 0. The van der Waals surface area contributed by atoms with E-state index in [0.29, 0.717) is 0 Å². The standard InChI is InChI=1S/C24H47N2O/c1-4-6-7-8-9-10-11-12-13-14-15-16-17-18-19-20-24-25-21-22-26(24,5-2)23(3)27/h14-15,21,23-24,27H,4-13,16-20,22H2,1-3H3/q+1/b15-14+. The largest absolute Gasteiger partial charge is 0.345 e. The third-order valence-electron chi connectivity index (χ3n) is 6.35. The molecular weight excluding hydrogens is 332 g/mol. The van der Waals surface area contributed by atoms with Gasteiger partial charge in [-0.1, -0.05) is 70.4 Å². The van der Waals surface area contributed by atoms with Crippen molar-refractivity contribution in [3.05, 3.63) is 12.2 Å². The van der Waals surface area contributed by atoms with Gasteiger partial charge in [-0.05, 0) is 39.0 Å². The number of allylic oxidation sites excluding steroid dienone is 2. The predicted octanol–water partition coefficient (Wildman–Crippen LogP) is 6.61. The SMILES string of the molecule is CCCCCCCCCC/C=C/CCCCCC1N=CC[N+]1(CC)C(C)O. The quantitative estimate of drug-likeness (QED) is 0.172. The molecule has 3 heteroatoms. The first kappa shape index (κ1) is 24.4. The Bertz CT molecular complexity index is 405. The van der Waals surface area contributed by atoms with Crippen LogP contribution in [0.1, 0.15) is 111 Å². The topological polar surface area (TPSA) is 32.6 Å². The van der Waals surface area contributed by atoms with Gasteiger partial charge < -0.3 is 5.11 Å². The van der Waals surface area contributed by atoms with Gasteiger partial charge in [0.15, 0.2) is 12.4 Å². The van der Waals surface area contributed by atoms with Crippen LogP contribution < -0.4 is 0 Å². The number of aliphatic hydroxyl groups is 1. The lowest BCUT2D eigenvalue weighted by atomic mass is 10.1. The van der Waals surface area contributed by atoms with Gasteiger partial charge >= 0.3 is 0 Å². The first-order chi connectivity index (χ1) is 13.2. The van der Waals surface area contributed by atoms with Crippen molar-refractivity contribution < 1.29 is 9.59 Å². The van der Waals surface area contributed by atoms with Crippen LogP contribution >= 0.6 is 0 Å². The maximum absolute atomic E-state index is 10.2. The fraction of sp³-hybridized carbons (Fsp3) is 0.875. The average Bonchev–Trinajstić information content (AvgIpc) is 3.09. The second-order valence-electron chi connectivity index (χ2n) is 8.42. The zero-order valence-electron chi connectivity index (χ0n) is 18.5. The van der Waals surface area contributed by atoms with Crippen molar-refractivity contribution in [2.75, 3.05) is 13.1 Å². The molecule has 3 nitrogen and oxygen atoms in total. The van der Waals surface area contributed by atoms with Gasteiger partial charge in [0.1, 0.15) is 6.54 Å². The highest BCUT2D eigenvalue weighted by atomic mass is 16.3. The van der Waals surface area contributed by atoms with Gasteiger partial charge in [0, 0.05) is 13.3 Å². The minimum absolute atomic E-state index is 0.271. The zero-order chi connectivity index (χ0) is 19.8. The summed E-state index contributed by atoms with van der Waals surface area (Å²) in [5.41, 5.74) is 0. The highest BCUT2D eigenvalue weighted by Crippen LogP contribution is 2.26. The first-order valence-electron chi connectivity index (χ1n) is 11.9. The molecule has 0 radical (unpaired) electrons. The summed E-state index contributed by atoms with van der Waals surface area (Å²) < 4.78 is 0.735. The lowest BCUT2D eigenvalue weighted by Crippen LogP contribution is -2.57. The molecule has 0 amide bonds. The second-order valence-corrected chi connectivity index (χ2v) is 8.42. The van der Waals surface area contributed by atoms with Crippen LogP contribution in [0.2, 0.25) is 0 Å². The maximum atomic E-state index is 10.2. The molecule has 27 heavy (non-hydrogen) atoms. The van der Waals surface area contributed by atoms with Crippen LogP contribution in [-0.4, -0.2) is 41.3 Å². The molecule has 1 aliphatic heterocycles. The van der Waals surface area contributed by atoms with Crippen LogP contribution in [0.15, 0.2) is 17.1 Å². The third kappa shape index (κ3) is 9.38. The molecule has 1 aliphatic rings. The second kappa shape index (κ2) is 15.3. The number of hydrogen-bond donors (Lipinski definition) is 1. The fourth-order valence-electron chi connectivity index (χ4n) is 4.31. The third-order valence-corrected chi connectivity index (χ3v) is 6.35. The molecule has 0 fully saturated rings.